The highest BCUT2D eigenvalue weighted by Crippen LogP contribution is 2.36. The van der Waals surface area contributed by atoms with Gasteiger partial charge in [-0.1, -0.05) is 36.3 Å². The van der Waals surface area contributed by atoms with Crippen LogP contribution >= 0.6 is 0 Å². The van der Waals surface area contributed by atoms with Gasteiger partial charge in [-0.25, -0.2) is 0 Å². The second-order valence-electron chi connectivity index (χ2n) is 4.03. The molecule has 0 fully saturated rings. The molecule has 0 N–H and O–H groups in total. The molecule has 1 nitrogen and oxygen atoms in total. The van der Waals surface area contributed by atoms with Crippen LogP contribution in [0.25, 0.3) is 11.1 Å². The normalized spacial score (nSPS) is 10.9. The first-order valence-electron chi connectivity index (χ1n) is 5.56. The van der Waals surface area contributed by atoms with Crippen molar-refractivity contribution in [1.82, 2.24) is 0 Å². The molecule has 0 saturated carbocycles. The van der Waals surface area contributed by atoms with Crippen molar-refractivity contribution in [2.45, 2.75) is 0 Å². The molecule has 0 aromatic heterocycles. The average Bonchev–Trinajstić information content (AvgIpc) is 2.71. The van der Waals surface area contributed by atoms with Crippen molar-refractivity contribution in [3.8, 4) is 35.3 Å². The number of hydrogen-bond acceptors (Lipinski definition) is 1. The monoisotopic (exact) mass is 228 g/mol. The molecule has 0 saturated heterocycles. The zero-order chi connectivity index (χ0) is 12.5. The maximum absolute atomic E-state index is 12.2. The van der Waals surface area contributed by atoms with E-state index in [0.717, 1.165) is 22.3 Å². The molecule has 0 aliphatic heterocycles. The SMILES string of the molecule is C#CC#Cc1ccc2c(c1)C(=O)c1ccccc1-2. The van der Waals surface area contributed by atoms with E-state index in [9.17, 15) is 4.79 Å². The summed E-state index contributed by atoms with van der Waals surface area (Å²) in [5.74, 6) is 7.72. The Kier molecular flexibility index (Phi) is 2.26. The van der Waals surface area contributed by atoms with Crippen molar-refractivity contribution in [3.05, 3.63) is 59.2 Å². The Morgan fingerprint density at radius 2 is 1.61 bits per heavy atom. The first-order valence-corrected chi connectivity index (χ1v) is 5.56. The largest absolute Gasteiger partial charge is 0.289 e. The third kappa shape index (κ3) is 1.43. The van der Waals surface area contributed by atoms with E-state index in [1.165, 1.54) is 0 Å². The van der Waals surface area contributed by atoms with Gasteiger partial charge >= 0.3 is 0 Å². The second kappa shape index (κ2) is 3.91. The quantitative estimate of drug-likeness (QED) is 0.541. The van der Waals surface area contributed by atoms with Gasteiger partial charge in [-0.15, -0.1) is 6.42 Å². The Balaban J connectivity index is 2.20. The fourth-order valence-corrected chi connectivity index (χ4v) is 2.21. The molecule has 1 aliphatic carbocycles. The lowest BCUT2D eigenvalue weighted by Crippen LogP contribution is -1.95. The predicted octanol–water partition coefficient (Wildman–Crippen LogP) is 2.88. The molecule has 0 amide bonds. The van der Waals surface area contributed by atoms with Crippen molar-refractivity contribution in [2.75, 3.05) is 0 Å². The van der Waals surface area contributed by atoms with Crippen LogP contribution in [0, 0.1) is 24.2 Å². The summed E-state index contributed by atoms with van der Waals surface area (Å²) in [6, 6.07) is 13.3. The maximum Gasteiger partial charge on any atom is 0.194 e. The lowest BCUT2D eigenvalue weighted by atomic mass is 10.0. The second-order valence-corrected chi connectivity index (χ2v) is 4.03. The number of terminal acetylenes is 1. The van der Waals surface area contributed by atoms with Crippen LogP contribution in [-0.4, -0.2) is 5.78 Å². The molecule has 0 unspecified atom stereocenters. The fraction of sp³-hybridized carbons (Fsp3) is 0. The molecular weight excluding hydrogens is 220 g/mol. The molecule has 0 spiro atoms. The van der Waals surface area contributed by atoms with E-state index in [1.807, 2.05) is 42.5 Å². The summed E-state index contributed by atoms with van der Waals surface area (Å²) in [4.78, 5) is 12.2. The van der Waals surface area contributed by atoms with Gasteiger partial charge in [0.05, 0.1) is 0 Å². The Labute approximate surface area is 105 Å². The highest BCUT2D eigenvalue weighted by molar-refractivity contribution is 6.21. The fourth-order valence-electron chi connectivity index (χ4n) is 2.21. The minimum atomic E-state index is 0.0601. The van der Waals surface area contributed by atoms with Crippen LogP contribution in [-0.2, 0) is 0 Å². The van der Waals surface area contributed by atoms with Gasteiger partial charge in [-0.3, -0.25) is 4.79 Å². The summed E-state index contributed by atoms with van der Waals surface area (Å²) in [7, 11) is 0. The van der Waals surface area contributed by atoms with E-state index in [1.54, 1.807) is 0 Å². The zero-order valence-electron chi connectivity index (χ0n) is 9.53. The van der Waals surface area contributed by atoms with Crippen LogP contribution < -0.4 is 0 Å². The molecule has 18 heavy (non-hydrogen) atoms. The van der Waals surface area contributed by atoms with Gasteiger partial charge in [0, 0.05) is 16.7 Å². The van der Waals surface area contributed by atoms with Gasteiger partial charge in [-0.2, -0.15) is 0 Å². The summed E-state index contributed by atoms with van der Waals surface area (Å²) in [5, 5.41) is 0. The van der Waals surface area contributed by atoms with Gasteiger partial charge in [0.25, 0.3) is 0 Å². The first-order chi connectivity index (χ1) is 8.81. The first kappa shape index (κ1) is 10.4. The summed E-state index contributed by atoms with van der Waals surface area (Å²) in [5.41, 5.74) is 4.21. The molecular formula is C17H8O. The number of fused-ring (bicyclic) bond motifs is 3. The minimum absolute atomic E-state index is 0.0601. The van der Waals surface area contributed by atoms with Crippen LogP contribution in [0.2, 0.25) is 0 Å². The van der Waals surface area contributed by atoms with E-state index in [2.05, 4.69) is 17.8 Å². The molecule has 82 valence electrons. The highest BCUT2D eigenvalue weighted by atomic mass is 16.1. The van der Waals surface area contributed by atoms with Gasteiger partial charge in [0.2, 0.25) is 0 Å². The predicted molar refractivity (Wildman–Crippen MR) is 71.0 cm³/mol. The lowest BCUT2D eigenvalue weighted by Gasteiger charge is -1.99. The van der Waals surface area contributed by atoms with Crippen molar-refractivity contribution in [3.63, 3.8) is 0 Å². The number of ketones is 1. The molecule has 0 atom stereocenters. The third-order valence-electron chi connectivity index (χ3n) is 3.01. The van der Waals surface area contributed by atoms with Gasteiger partial charge in [0.1, 0.15) is 0 Å². The van der Waals surface area contributed by atoms with Gasteiger partial charge < -0.3 is 0 Å². The number of benzene rings is 2. The molecule has 0 bridgehead atoms. The standard InChI is InChI=1S/C17H8O/c1-2-3-6-12-9-10-14-13-7-4-5-8-15(13)17(18)16(14)11-12/h1,4-5,7-11H. The topological polar surface area (TPSA) is 17.1 Å². The summed E-state index contributed by atoms with van der Waals surface area (Å²) in [6.45, 7) is 0. The van der Waals surface area contributed by atoms with Crippen LogP contribution in [0.3, 0.4) is 0 Å². The summed E-state index contributed by atoms with van der Waals surface area (Å²) >= 11 is 0. The van der Waals surface area contributed by atoms with Crippen molar-refractivity contribution < 1.29 is 4.79 Å². The molecule has 1 aliphatic rings. The summed E-state index contributed by atoms with van der Waals surface area (Å²) in [6.07, 6.45) is 5.09. The molecule has 0 radical (unpaired) electrons. The van der Waals surface area contributed by atoms with E-state index in [4.69, 9.17) is 6.42 Å². The Morgan fingerprint density at radius 1 is 0.889 bits per heavy atom. The molecule has 2 aromatic carbocycles. The van der Waals surface area contributed by atoms with Gasteiger partial charge in [-0.05, 0) is 35.1 Å². The smallest absolute Gasteiger partial charge is 0.194 e. The minimum Gasteiger partial charge on any atom is -0.289 e. The number of carbonyl (C=O) groups is 1. The highest BCUT2D eigenvalue weighted by Gasteiger charge is 2.25. The Hall–Kier alpha value is -2.77. The molecule has 2 aromatic rings. The van der Waals surface area contributed by atoms with Gasteiger partial charge in [0.15, 0.2) is 5.78 Å². The van der Waals surface area contributed by atoms with Crippen molar-refractivity contribution in [1.29, 1.82) is 0 Å². The van der Waals surface area contributed by atoms with Crippen molar-refractivity contribution >= 4 is 5.78 Å². The van der Waals surface area contributed by atoms with E-state index in [0.29, 0.717) is 5.56 Å². The summed E-state index contributed by atoms with van der Waals surface area (Å²) < 4.78 is 0. The number of hydrogen-bond donors (Lipinski definition) is 0. The number of carbonyl (C=O) groups excluding carboxylic acids is 1. The third-order valence-corrected chi connectivity index (χ3v) is 3.01. The maximum atomic E-state index is 12.2. The van der Waals surface area contributed by atoms with Crippen LogP contribution in [0.15, 0.2) is 42.5 Å². The van der Waals surface area contributed by atoms with Crippen LogP contribution in [0.4, 0.5) is 0 Å². The van der Waals surface area contributed by atoms with Crippen LogP contribution in [0.1, 0.15) is 21.5 Å². The van der Waals surface area contributed by atoms with E-state index in [-0.39, 0.29) is 5.78 Å². The van der Waals surface area contributed by atoms with E-state index < -0.39 is 0 Å². The Bertz CT molecular complexity index is 764. The molecule has 1 heteroatoms. The number of rotatable bonds is 0. The van der Waals surface area contributed by atoms with Crippen molar-refractivity contribution in [2.24, 2.45) is 0 Å². The molecule has 0 heterocycles. The van der Waals surface area contributed by atoms with E-state index >= 15 is 0 Å². The average molecular weight is 228 g/mol. The molecule has 3 rings (SSSR count). The zero-order valence-corrected chi connectivity index (χ0v) is 9.53. The van der Waals surface area contributed by atoms with Crippen LogP contribution in [0.5, 0.6) is 0 Å². The lowest BCUT2D eigenvalue weighted by molar-refractivity contribution is 0.104. The Morgan fingerprint density at radius 3 is 2.39 bits per heavy atom.